The molecule has 1 aromatic heterocycles. The first kappa shape index (κ1) is 11.4. The van der Waals surface area contributed by atoms with E-state index in [1.165, 1.54) is 11.3 Å². The van der Waals surface area contributed by atoms with E-state index in [2.05, 4.69) is 10.6 Å². The summed E-state index contributed by atoms with van der Waals surface area (Å²) in [7, 11) is 0. The van der Waals surface area contributed by atoms with Crippen LogP contribution in [0.15, 0.2) is 12.1 Å². The molecule has 2 rings (SSSR count). The minimum absolute atomic E-state index is 0.0562. The van der Waals surface area contributed by atoms with Gasteiger partial charge in [-0.3, -0.25) is 9.59 Å². The summed E-state index contributed by atoms with van der Waals surface area (Å²) in [5, 5.41) is 5.39. The molecule has 1 aliphatic heterocycles. The Balaban J connectivity index is 1.82. The number of amides is 2. The van der Waals surface area contributed by atoms with Crippen molar-refractivity contribution in [1.82, 2.24) is 10.6 Å². The average Bonchev–Trinajstić information content (AvgIpc) is 2.84. The Bertz CT molecular complexity index is 419. The molecule has 0 radical (unpaired) electrons. The normalized spacial score (nSPS) is 19.6. The van der Waals surface area contributed by atoms with Gasteiger partial charge in [-0.2, -0.15) is 0 Å². The number of thiophene rings is 1. The smallest absolute Gasteiger partial charge is 0.242 e. The minimum atomic E-state index is -0.372. The maximum atomic E-state index is 11.6. The lowest BCUT2D eigenvalue weighted by Gasteiger charge is -2.09. The molecule has 2 amide bonds. The summed E-state index contributed by atoms with van der Waals surface area (Å²) in [4.78, 5) is 23.5. The number of hydrogen-bond acceptors (Lipinski definition) is 3. The van der Waals surface area contributed by atoms with Crippen LogP contribution < -0.4 is 10.6 Å². The molecule has 16 heavy (non-hydrogen) atoms. The number of nitrogens with one attached hydrogen (secondary N) is 2. The quantitative estimate of drug-likeness (QED) is 0.859. The molecular weight excluding hydrogens is 248 g/mol. The lowest BCUT2D eigenvalue weighted by molar-refractivity contribution is -0.125. The third-order valence-corrected chi connectivity index (χ3v) is 3.61. The van der Waals surface area contributed by atoms with Crippen LogP contribution in [-0.2, 0) is 16.1 Å². The molecule has 6 heteroatoms. The Labute approximate surface area is 102 Å². The Hall–Kier alpha value is -1.07. The van der Waals surface area contributed by atoms with E-state index in [9.17, 15) is 9.59 Å². The monoisotopic (exact) mass is 258 g/mol. The van der Waals surface area contributed by atoms with Crippen LogP contribution in [0.4, 0.5) is 0 Å². The Kier molecular flexibility index (Phi) is 3.46. The van der Waals surface area contributed by atoms with Crippen LogP contribution in [0.3, 0.4) is 0 Å². The molecule has 1 fully saturated rings. The van der Waals surface area contributed by atoms with Crippen molar-refractivity contribution in [2.24, 2.45) is 0 Å². The van der Waals surface area contributed by atoms with E-state index in [-0.39, 0.29) is 17.9 Å². The van der Waals surface area contributed by atoms with Crippen LogP contribution in [0, 0.1) is 0 Å². The zero-order valence-corrected chi connectivity index (χ0v) is 10.0. The van der Waals surface area contributed by atoms with E-state index >= 15 is 0 Å². The van der Waals surface area contributed by atoms with E-state index in [0.29, 0.717) is 23.7 Å². The number of carbonyl (C=O) groups excluding carboxylic acids is 2. The number of rotatable bonds is 3. The summed E-state index contributed by atoms with van der Waals surface area (Å²) < 4.78 is 0.707. The van der Waals surface area contributed by atoms with Crippen LogP contribution in [0.5, 0.6) is 0 Å². The lowest BCUT2D eigenvalue weighted by atomic mass is 10.2. The fraction of sp³-hybridized carbons (Fsp3) is 0.400. The van der Waals surface area contributed by atoms with Gasteiger partial charge in [-0.05, 0) is 18.6 Å². The predicted molar refractivity (Wildman–Crippen MR) is 62.3 cm³/mol. The molecule has 0 saturated carbocycles. The van der Waals surface area contributed by atoms with Crippen LogP contribution in [0.2, 0.25) is 4.34 Å². The maximum absolute atomic E-state index is 11.6. The van der Waals surface area contributed by atoms with Crippen molar-refractivity contribution in [3.63, 3.8) is 0 Å². The molecule has 1 aromatic rings. The molecule has 1 aliphatic rings. The Morgan fingerprint density at radius 1 is 1.62 bits per heavy atom. The third kappa shape index (κ3) is 2.74. The fourth-order valence-corrected chi connectivity index (χ4v) is 2.58. The summed E-state index contributed by atoms with van der Waals surface area (Å²) in [6, 6.07) is 3.30. The van der Waals surface area contributed by atoms with Gasteiger partial charge in [-0.25, -0.2) is 0 Å². The van der Waals surface area contributed by atoms with Gasteiger partial charge in [0.15, 0.2) is 0 Å². The maximum Gasteiger partial charge on any atom is 0.242 e. The summed E-state index contributed by atoms with van der Waals surface area (Å²) >= 11 is 7.21. The minimum Gasteiger partial charge on any atom is -0.349 e. The highest BCUT2D eigenvalue weighted by molar-refractivity contribution is 7.16. The second-order valence-electron chi connectivity index (χ2n) is 3.58. The van der Waals surface area contributed by atoms with Crippen LogP contribution in [-0.4, -0.2) is 17.9 Å². The first-order chi connectivity index (χ1) is 7.65. The summed E-state index contributed by atoms with van der Waals surface area (Å²) in [6.07, 6.45) is 1.01. The van der Waals surface area contributed by atoms with Crippen molar-refractivity contribution in [2.45, 2.75) is 25.4 Å². The van der Waals surface area contributed by atoms with Crippen molar-refractivity contribution in [1.29, 1.82) is 0 Å². The Morgan fingerprint density at radius 3 is 3.00 bits per heavy atom. The summed E-state index contributed by atoms with van der Waals surface area (Å²) in [5.74, 6) is -0.185. The first-order valence-corrected chi connectivity index (χ1v) is 6.16. The highest BCUT2D eigenvalue weighted by atomic mass is 35.5. The number of hydrogen-bond donors (Lipinski definition) is 2. The molecule has 1 saturated heterocycles. The van der Waals surface area contributed by atoms with Gasteiger partial charge in [0.1, 0.15) is 6.04 Å². The average molecular weight is 259 g/mol. The zero-order valence-electron chi connectivity index (χ0n) is 8.46. The second kappa shape index (κ2) is 4.84. The largest absolute Gasteiger partial charge is 0.349 e. The van der Waals surface area contributed by atoms with Crippen molar-refractivity contribution in [3.8, 4) is 0 Å². The second-order valence-corrected chi connectivity index (χ2v) is 5.38. The van der Waals surface area contributed by atoms with Crippen molar-refractivity contribution >= 4 is 34.8 Å². The topological polar surface area (TPSA) is 58.2 Å². The van der Waals surface area contributed by atoms with Gasteiger partial charge in [0.05, 0.1) is 10.9 Å². The van der Waals surface area contributed by atoms with Crippen LogP contribution in [0.1, 0.15) is 17.7 Å². The number of halogens is 1. The van der Waals surface area contributed by atoms with Crippen molar-refractivity contribution in [2.75, 3.05) is 0 Å². The SMILES string of the molecule is O=C1CC[C@H](C(=O)NCc2ccc(Cl)s2)N1. The van der Waals surface area contributed by atoms with Crippen molar-refractivity contribution in [3.05, 3.63) is 21.3 Å². The van der Waals surface area contributed by atoms with Gasteiger partial charge in [-0.1, -0.05) is 11.6 Å². The van der Waals surface area contributed by atoms with E-state index in [1.54, 1.807) is 6.07 Å². The van der Waals surface area contributed by atoms with E-state index in [0.717, 1.165) is 4.88 Å². The van der Waals surface area contributed by atoms with Gasteiger partial charge < -0.3 is 10.6 Å². The van der Waals surface area contributed by atoms with Gasteiger partial charge >= 0.3 is 0 Å². The van der Waals surface area contributed by atoms with Crippen LogP contribution >= 0.6 is 22.9 Å². The molecule has 0 aromatic carbocycles. The Morgan fingerprint density at radius 2 is 2.44 bits per heavy atom. The standard InChI is InChI=1S/C10H11ClN2O2S/c11-8-3-1-6(16-8)5-12-10(15)7-2-4-9(14)13-7/h1,3,7H,2,4-5H2,(H,12,15)(H,13,14)/t7-/m1/s1. The highest BCUT2D eigenvalue weighted by Crippen LogP contribution is 2.21. The first-order valence-electron chi connectivity index (χ1n) is 4.96. The fourth-order valence-electron chi connectivity index (χ4n) is 1.55. The molecule has 0 spiro atoms. The highest BCUT2D eigenvalue weighted by Gasteiger charge is 2.26. The van der Waals surface area contributed by atoms with E-state index in [4.69, 9.17) is 11.6 Å². The molecule has 2 heterocycles. The van der Waals surface area contributed by atoms with Crippen molar-refractivity contribution < 1.29 is 9.59 Å². The molecule has 0 bridgehead atoms. The van der Waals surface area contributed by atoms with Crippen LogP contribution in [0.25, 0.3) is 0 Å². The van der Waals surface area contributed by atoms with Gasteiger partial charge in [0, 0.05) is 11.3 Å². The van der Waals surface area contributed by atoms with E-state index < -0.39 is 0 Å². The molecule has 1 atom stereocenters. The molecule has 0 aliphatic carbocycles. The van der Waals surface area contributed by atoms with Gasteiger partial charge in [0.25, 0.3) is 0 Å². The molecule has 4 nitrogen and oxygen atoms in total. The van der Waals surface area contributed by atoms with E-state index in [1.807, 2.05) is 6.07 Å². The molecular formula is C10H11ClN2O2S. The van der Waals surface area contributed by atoms with Gasteiger partial charge in [0.2, 0.25) is 11.8 Å². The summed E-state index contributed by atoms with van der Waals surface area (Å²) in [6.45, 7) is 0.461. The molecule has 2 N–H and O–H groups in total. The third-order valence-electron chi connectivity index (χ3n) is 2.38. The predicted octanol–water partition coefficient (Wildman–Crippen LogP) is 1.30. The zero-order chi connectivity index (χ0) is 11.5. The summed E-state index contributed by atoms with van der Waals surface area (Å²) in [5.41, 5.74) is 0. The molecule has 86 valence electrons. The molecule has 0 unspecified atom stereocenters. The number of carbonyl (C=O) groups is 2. The lowest BCUT2D eigenvalue weighted by Crippen LogP contribution is -2.41. The van der Waals surface area contributed by atoms with Gasteiger partial charge in [-0.15, -0.1) is 11.3 Å².